The van der Waals surface area contributed by atoms with Gasteiger partial charge in [-0.15, -0.1) is 6.58 Å². The summed E-state index contributed by atoms with van der Waals surface area (Å²) in [6.07, 6.45) is 3.50. The van der Waals surface area contributed by atoms with E-state index in [1.165, 1.54) is 0 Å². The summed E-state index contributed by atoms with van der Waals surface area (Å²) in [5.41, 5.74) is 7.18. The van der Waals surface area contributed by atoms with Crippen molar-refractivity contribution in [2.24, 2.45) is 5.73 Å². The van der Waals surface area contributed by atoms with Crippen molar-refractivity contribution in [3.05, 3.63) is 42.0 Å². The molecular formula is C14H20N2O2S. The molecule has 0 heterocycles. The number of nitrogens with two attached hydrogens (primary N) is 1. The highest BCUT2D eigenvalue weighted by Crippen LogP contribution is 2.33. The molecule has 1 aromatic rings. The van der Waals surface area contributed by atoms with E-state index in [9.17, 15) is 8.42 Å². The van der Waals surface area contributed by atoms with E-state index in [-0.39, 0.29) is 6.04 Å². The summed E-state index contributed by atoms with van der Waals surface area (Å²) in [7, 11) is -3.46. The van der Waals surface area contributed by atoms with Crippen LogP contribution in [0.3, 0.4) is 0 Å². The van der Waals surface area contributed by atoms with Gasteiger partial charge in [-0.2, -0.15) is 4.31 Å². The van der Waals surface area contributed by atoms with Crippen LogP contribution in [-0.2, 0) is 16.6 Å². The first-order valence-corrected chi connectivity index (χ1v) is 7.87. The SMILES string of the molecule is C=CCN(C1CC1)S(=O)(=O)c1cc(CN)ccc1C. The molecule has 2 N–H and O–H groups in total. The Morgan fingerprint density at radius 3 is 2.68 bits per heavy atom. The van der Waals surface area contributed by atoms with Gasteiger partial charge in [0.1, 0.15) is 0 Å². The number of rotatable bonds is 6. The zero-order chi connectivity index (χ0) is 14.0. The Kier molecular flexibility index (Phi) is 4.08. The lowest BCUT2D eigenvalue weighted by atomic mass is 10.1. The Morgan fingerprint density at radius 1 is 1.47 bits per heavy atom. The number of benzene rings is 1. The first-order chi connectivity index (χ1) is 9.00. The number of aryl methyl sites for hydroxylation is 1. The first kappa shape index (κ1) is 14.2. The molecule has 0 saturated heterocycles. The van der Waals surface area contributed by atoms with Crippen molar-refractivity contribution in [2.75, 3.05) is 6.54 Å². The molecule has 0 unspecified atom stereocenters. The molecule has 0 aromatic heterocycles. The summed E-state index contributed by atoms with van der Waals surface area (Å²) in [5.74, 6) is 0. The zero-order valence-corrected chi connectivity index (χ0v) is 12.0. The van der Waals surface area contributed by atoms with Crippen molar-refractivity contribution in [1.82, 2.24) is 4.31 Å². The Hall–Kier alpha value is -1.17. The fourth-order valence-electron chi connectivity index (χ4n) is 2.11. The lowest BCUT2D eigenvalue weighted by Gasteiger charge is -2.21. The third kappa shape index (κ3) is 2.88. The number of nitrogens with zero attached hydrogens (tertiary/aromatic N) is 1. The molecule has 1 aliphatic carbocycles. The van der Waals surface area contributed by atoms with E-state index < -0.39 is 10.0 Å². The molecule has 19 heavy (non-hydrogen) atoms. The van der Waals surface area contributed by atoms with Crippen LogP contribution in [0.1, 0.15) is 24.0 Å². The lowest BCUT2D eigenvalue weighted by Crippen LogP contribution is -2.33. The van der Waals surface area contributed by atoms with Gasteiger partial charge in [-0.05, 0) is 37.0 Å². The van der Waals surface area contributed by atoms with Gasteiger partial charge in [0.05, 0.1) is 4.90 Å². The molecule has 0 aliphatic heterocycles. The number of hydrogen-bond acceptors (Lipinski definition) is 3. The molecule has 1 aliphatic rings. The topological polar surface area (TPSA) is 63.4 Å². The zero-order valence-electron chi connectivity index (χ0n) is 11.2. The van der Waals surface area contributed by atoms with Gasteiger partial charge in [0.25, 0.3) is 0 Å². The molecule has 0 radical (unpaired) electrons. The minimum absolute atomic E-state index is 0.129. The van der Waals surface area contributed by atoms with Crippen molar-refractivity contribution in [3.63, 3.8) is 0 Å². The van der Waals surface area contributed by atoms with Gasteiger partial charge in [-0.3, -0.25) is 0 Å². The maximum Gasteiger partial charge on any atom is 0.243 e. The Morgan fingerprint density at radius 2 is 2.16 bits per heavy atom. The fraction of sp³-hybridized carbons (Fsp3) is 0.429. The normalized spacial score (nSPS) is 15.7. The predicted octanol–water partition coefficient (Wildman–Crippen LogP) is 1.79. The third-order valence-electron chi connectivity index (χ3n) is 3.34. The van der Waals surface area contributed by atoms with Crippen LogP contribution in [0.15, 0.2) is 35.7 Å². The highest BCUT2D eigenvalue weighted by molar-refractivity contribution is 7.89. The van der Waals surface area contributed by atoms with Gasteiger partial charge in [0, 0.05) is 19.1 Å². The Labute approximate surface area is 115 Å². The van der Waals surface area contributed by atoms with Crippen LogP contribution in [0.25, 0.3) is 0 Å². The summed E-state index contributed by atoms with van der Waals surface area (Å²) in [6.45, 7) is 6.16. The Bertz CT molecular complexity index is 577. The second kappa shape index (κ2) is 5.45. The minimum atomic E-state index is -3.46. The second-order valence-corrected chi connectivity index (χ2v) is 6.76. The summed E-state index contributed by atoms with van der Waals surface area (Å²) in [6, 6.07) is 5.49. The van der Waals surface area contributed by atoms with Crippen LogP contribution in [0.4, 0.5) is 0 Å². The maximum absolute atomic E-state index is 12.7. The molecule has 2 rings (SSSR count). The van der Waals surface area contributed by atoms with Crippen LogP contribution in [-0.4, -0.2) is 25.3 Å². The second-order valence-electron chi connectivity index (χ2n) is 4.90. The monoisotopic (exact) mass is 280 g/mol. The lowest BCUT2D eigenvalue weighted by molar-refractivity contribution is 0.435. The predicted molar refractivity (Wildman–Crippen MR) is 76.2 cm³/mol. The Balaban J connectivity index is 2.45. The van der Waals surface area contributed by atoms with E-state index in [1.54, 1.807) is 16.4 Å². The summed E-state index contributed by atoms with van der Waals surface area (Å²) in [5, 5.41) is 0. The van der Waals surface area contributed by atoms with Crippen LogP contribution < -0.4 is 5.73 Å². The molecule has 1 fully saturated rings. The van der Waals surface area contributed by atoms with Gasteiger partial charge < -0.3 is 5.73 Å². The van der Waals surface area contributed by atoms with Gasteiger partial charge >= 0.3 is 0 Å². The van der Waals surface area contributed by atoms with Crippen molar-refractivity contribution in [3.8, 4) is 0 Å². The molecule has 0 amide bonds. The minimum Gasteiger partial charge on any atom is -0.326 e. The van der Waals surface area contributed by atoms with E-state index in [0.717, 1.165) is 24.0 Å². The first-order valence-electron chi connectivity index (χ1n) is 6.43. The van der Waals surface area contributed by atoms with E-state index in [2.05, 4.69) is 6.58 Å². The van der Waals surface area contributed by atoms with Gasteiger partial charge in [-0.1, -0.05) is 18.2 Å². The van der Waals surface area contributed by atoms with Gasteiger partial charge in [-0.25, -0.2) is 8.42 Å². The molecule has 0 spiro atoms. The highest BCUT2D eigenvalue weighted by Gasteiger charge is 2.37. The fourth-order valence-corrected chi connectivity index (χ4v) is 4.04. The van der Waals surface area contributed by atoms with Crippen LogP contribution in [0.5, 0.6) is 0 Å². The molecule has 104 valence electrons. The molecule has 4 nitrogen and oxygen atoms in total. The number of sulfonamides is 1. The standard InChI is InChI=1S/C14H20N2O2S/c1-3-8-16(13-6-7-13)19(17,18)14-9-12(10-15)5-4-11(14)2/h3-5,9,13H,1,6-8,10,15H2,2H3. The molecule has 5 heteroatoms. The summed E-state index contributed by atoms with van der Waals surface area (Å²) < 4.78 is 27.0. The quantitative estimate of drug-likeness (QED) is 0.808. The molecule has 1 aromatic carbocycles. The highest BCUT2D eigenvalue weighted by atomic mass is 32.2. The summed E-state index contributed by atoms with van der Waals surface area (Å²) in [4.78, 5) is 0.365. The van der Waals surface area contributed by atoms with E-state index in [4.69, 9.17) is 5.73 Å². The van der Waals surface area contributed by atoms with E-state index >= 15 is 0 Å². The van der Waals surface area contributed by atoms with Crippen molar-refractivity contribution in [1.29, 1.82) is 0 Å². The van der Waals surface area contributed by atoms with Crippen LogP contribution >= 0.6 is 0 Å². The largest absolute Gasteiger partial charge is 0.326 e. The van der Waals surface area contributed by atoms with Crippen LogP contribution in [0, 0.1) is 6.92 Å². The molecule has 1 saturated carbocycles. The van der Waals surface area contributed by atoms with Gasteiger partial charge in [0.2, 0.25) is 10.0 Å². The van der Waals surface area contributed by atoms with Crippen molar-refractivity contribution in [2.45, 2.75) is 37.2 Å². The maximum atomic E-state index is 12.7. The van der Waals surface area contributed by atoms with Crippen molar-refractivity contribution < 1.29 is 8.42 Å². The smallest absolute Gasteiger partial charge is 0.243 e. The van der Waals surface area contributed by atoms with Gasteiger partial charge in [0.15, 0.2) is 0 Å². The molecular weight excluding hydrogens is 260 g/mol. The molecule has 0 atom stereocenters. The van der Waals surface area contributed by atoms with E-state index in [0.29, 0.717) is 18.0 Å². The molecule has 0 bridgehead atoms. The van der Waals surface area contributed by atoms with E-state index in [1.807, 2.05) is 19.1 Å². The summed E-state index contributed by atoms with van der Waals surface area (Å²) >= 11 is 0. The van der Waals surface area contributed by atoms with Crippen LogP contribution in [0.2, 0.25) is 0 Å². The number of hydrogen-bond donors (Lipinski definition) is 1. The van der Waals surface area contributed by atoms with Crippen molar-refractivity contribution >= 4 is 10.0 Å². The average molecular weight is 280 g/mol. The third-order valence-corrected chi connectivity index (χ3v) is 5.40. The average Bonchev–Trinajstić information content (AvgIpc) is 3.20.